The Kier molecular flexibility index (Phi) is 5.56. The van der Waals surface area contributed by atoms with Crippen LogP contribution in [-0.2, 0) is 13.1 Å². The molecule has 5 rings (SSSR count). The summed E-state index contributed by atoms with van der Waals surface area (Å²) in [5.74, 6) is 2.54. The number of hydrogen-bond acceptors (Lipinski definition) is 8. The monoisotopic (exact) mass is 424 g/mol. The summed E-state index contributed by atoms with van der Waals surface area (Å²) in [6.07, 6.45) is 4.79. The highest BCUT2D eigenvalue weighted by Gasteiger charge is 2.08. The van der Waals surface area contributed by atoms with Crippen molar-refractivity contribution in [3.8, 4) is 22.9 Å². The van der Waals surface area contributed by atoms with Crippen LogP contribution in [0.2, 0.25) is 0 Å². The topological polar surface area (TPSA) is 102 Å². The van der Waals surface area contributed by atoms with E-state index in [1.165, 1.54) is 6.33 Å². The van der Waals surface area contributed by atoms with Gasteiger partial charge in [0.25, 0.3) is 0 Å². The molecule has 0 atom stereocenters. The molecule has 0 spiro atoms. The van der Waals surface area contributed by atoms with Crippen molar-refractivity contribution in [3.63, 3.8) is 0 Å². The van der Waals surface area contributed by atoms with Gasteiger partial charge in [-0.3, -0.25) is 0 Å². The van der Waals surface area contributed by atoms with Crippen LogP contribution >= 0.6 is 0 Å². The Labute approximate surface area is 184 Å². The molecule has 0 fully saturated rings. The van der Waals surface area contributed by atoms with Crippen molar-refractivity contribution in [3.05, 3.63) is 97.0 Å². The van der Waals surface area contributed by atoms with Gasteiger partial charge in [-0.25, -0.2) is 19.9 Å². The van der Waals surface area contributed by atoms with E-state index in [0.29, 0.717) is 36.5 Å². The number of nitrogens with one attached hydrogen (secondary N) is 2. The summed E-state index contributed by atoms with van der Waals surface area (Å²) in [6.45, 7) is 0.965. The Morgan fingerprint density at radius 2 is 1.09 bits per heavy atom. The lowest BCUT2D eigenvalue weighted by atomic mass is 10.2. The zero-order chi connectivity index (χ0) is 21.6. The van der Waals surface area contributed by atoms with Gasteiger partial charge in [-0.05, 0) is 24.3 Å². The van der Waals surface area contributed by atoms with Crippen LogP contribution in [-0.4, -0.2) is 19.9 Å². The van der Waals surface area contributed by atoms with Crippen LogP contribution in [0.3, 0.4) is 0 Å². The maximum Gasteiger partial charge on any atom is 0.226 e. The highest BCUT2D eigenvalue weighted by atomic mass is 16.3. The minimum Gasteiger partial charge on any atom is -0.444 e. The zero-order valence-corrected chi connectivity index (χ0v) is 17.1. The van der Waals surface area contributed by atoms with Gasteiger partial charge in [0.15, 0.2) is 0 Å². The van der Waals surface area contributed by atoms with Crippen molar-refractivity contribution in [1.82, 2.24) is 19.9 Å². The predicted molar refractivity (Wildman–Crippen MR) is 121 cm³/mol. The minimum absolute atomic E-state index is 0.483. The second-order valence-electron chi connectivity index (χ2n) is 7.02. The van der Waals surface area contributed by atoms with Crippen molar-refractivity contribution in [2.75, 3.05) is 10.6 Å². The molecule has 0 saturated heterocycles. The van der Waals surface area contributed by atoms with E-state index in [-0.39, 0.29) is 0 Å². The predicted octanol–water partition coefficient (Wildman–Crippen LogP) is 5.01. The van der Waals surface area contributed by atoms with E-state index in [1.54, 1.807) is 12.5 Å². The van der Waals surface area contributed by atoms with E-state index in [1.807, 2.05) is 66.7 Å². The maximum absolute atomic E-state index is 5.57. The summed E-state index contributed by atoms with van der Waals surface area (Å²) in [5, 5.41) is 6.48. The minimum atomic E-state index is 0.483. The fourth-order valence-electron chi connectivity index (χ4n) is 3.12. The van der Waals surface area contributed by atoms with Crippen LogP contribution in [0.5, 0.6) is 0 Å². The first kappa shape index (κ1) is 19.5. The lowest BCUT2D eigenvalue weighted by Crippen LogP contribution is -2.05. The molecule has 0 bridgehead atoms. The van der Waals surface area contributed by atoms with E-state index < -0.39 is 0 Å². The van der Waals surface area contributed by atoms with Gasteiger partial charge in [-0.15, -0.1) is 0 Å². The van der Waals surface area contributed by atoms with E-state index in [2.05, 4.69) is 30.6 Å². The average molecular weight is 424 g/mol. The standard InChI is InChI=1S/C24H20N6O2/c1-3-7-17(8-4-1)23-29-19(14-31-23)12-25-21-11-22(28-16-27-21)26-13-20-15-32-24(30-20)18-9-5-2-6-10-18/h1-11,14-16H,12-13H2,(H2,25,26,27,28). The van der Waals surface area contributed by atoms with Gasteiger partial charge in [0.1, 0.15) is 30.5 Å². The summed E-state index contributed by atoms with van der Waals surface area (Å²) >= 11 is 0. The first-order valence-electron chi connectivity index (χ1n) is 10.1. The van der Waals surface area contributed by atoms with Gasteiger partial charge in [-0.2, -0.15) is 0 Å². The fourth-order valence-corrected chi connectivity index (χ4v) is 3.12. The summed E-state index contributed by atoms with van der Waals surface area (Å²) < 4.78 is 11.1. The third-order valence-corrected chi connectivity index (χ3v) is 4.71. The van der Waals surface area contributed by atoms with Gasteiger partial charge in [0.05, 0.1) is 24.5 Å². The molecule has 2 N–H and O–H groups in total. The molecule has 0 saturated carbocycles. The normalized spacial score (nSPS) is 10.8. The maximum atomic E-state index is 5.57. The third-order valence-electron chi connectivity index (χ3n) is 4.71. The van der Waals surface area contributed by atoms with Crippen molar-refractivity contribution < 1.29 is 8.83 Å². The Balaban J connectivity index is 1.17. The van der Waals surface area contributed by atoms with Gasteiger partial charge in [-0.1, -0.05) is 36.4 Å². The second kappa shape index (κ2) is 9.13. The largest absolute Gasteiger partial charge is 0.444 e. The van der Waals surface area contributed by atoms with Crippen LogP contribution in [0.25, 0.3) is 22.9 Å². The quantitative estimate of drug-likeness (QED) is 0.358. The molecular formula is C24H20N6O2. The summed E-state index contributed by atoms with van der Waals surface area (Å²) in [5.41, 5.74) is 3.45. The first-order valence-corrected chi connectivity index (χ1v) is 10.1. The summed E-state index contributed by atoms with van der Waals surface area (Å²) in [6, 6.07) is 21.4. The number of aromatic nitrogens is 4. The van der Waals surface area contributed by atoms with Crippen LogP contribution in [0.1, 0.15) is 11.4 Å². The molecule has 0 radical (unpaired) electrons. The van der Waals surface area contributed by atoms with Crippen molar-refractivity contribution >= 4 is 11.6 Å². The Morgan fingerprint density at radius 1 is 0.625 bits per heavy atom. The fraction of sp³-hybridized carbons (Fsp3) is 0.0833. The molecule has 8 nitrogen and oxygen atoms in total. The molecule has 0 amide bonds. The van der Waals surface area contributed by atoms with E-state index >= 15 is 0 Å². The molecule has 0 unspecified atom stereocenters. The van der Waals surface area contributed by atoms with Crippen LogP contribution < -0.4 is 10.6 Å². The third kappa shape index (κ3) is 4.65. The Morgan fingerprint density at radius 3 is 1.56 bits per heavy atom. The number of benzene rings is 2. The molecule has 158 valence electrons. The van der Waals surface area contributed by atoms with Crippen molar-refractivity contribution in [2.45, 2.75) is 13.1 Å². The van der Waals surface area contributed by atoms with Crippen LogP contribution in [0.15, 0.2) is 94.4 Å². The number of nitrogens with zero attached hydrogens (tertiary/aromatic N) is 4. The van der Waals surface area contributed by atoms with Crippen molar-refractivity contribution in [1.29, 1.82) is 0 Å². The molecule has 3 aromatic heterocycles. The number of rotatable bonds is 8. The van der Waals surface area contributed by atoms with Crippen molar-refractivity contribution in [2.24, 2.45) is 0 Å². The van der Waals surface area contributed by atoms with Gasteiger partial charge >= 0.3 is 0 Å². The summed E-state index contributed by atoms with van der Waals surface area (Å²) in [7, 11) is 0. The molecule has 0 aliphatic heterocycles. The van der Waals surface area contributed by atoms with E-state index in [4.69, 9.17) is 8.83 Å². The van der Waals surface area contributed by atoms with Gasteiger partial charge in [0.2, 0.25) is 11.8 Å². The van der Waals surface area contributed by atoms with Crippen LogP contribution in [0.4, 0.5) is 11.6 Å². The molecule has 5 aromatic rings. The molecular weight excluding hydrogens is 404 g/mol. The van der Waals surface area contributed by atoms with E-state index in [9.17, 15) is 0 Å². The number of hydrogen-bond donors (Lipinski definition) is 2. The molecule has 0 aliphatic rings. The molecule has 0 aliphatic carbocycles. The number of oxazole rings is 2. The Hall–Kier alpha value is -4.46. The van der Waals surface area contributed by atoms with Crippen LogP contribution in [0, 0.1) is 0 Å². The molecule has 3 heterocycles. The molecule has 2 aromatic carbocycles. The average Bonchev–Trinajstić information content (AvgIpc) is 3.53. The lowest BCUT2D eigenvalue weighted by Gasteiger charge is -2.06. The highest BCUT2D eigenvalue weighted by molar-refractivity contribution is 5.54. The molecule has 8 heteroatoms. The highest BCUT2D eigenvalue weighted by Crippen LogP contribution is 2.20. The Bertz CT molecular complexity index is 1190. The second-order valence-corrected chi connectivity index (χ2v) is 7.02. The molecule has 32 heavy (non-hydrogen) atoms. The summed E-state index contributed by atoms with van der Waals surface area (Å²) in [4.78, 5) is 17.6. The zero-order valence-electron chi connectivity index (χ0n) is 17.1. The SMILES string of the molecule is c1ccc(-c2nc(CNc3cc(NCc4coc(-c5ccccc5)n4)ncn3)co2)cc1. The van der Waals surface area contributed by atoms with E-state index in [0.717, 1.165) is 22.5 Å². The smallest absolute Gasteiger partial charge is 0.226 e. The lowest BCUT2D eigenvalue weighted by molar-refractivity contribution is 0.572. The van der Waals surface area contributed by atoms with Gasteiger partial charge in [0, 0.05) is 17.2 Å². The number of anilines is 2. The first-order chi connectivity index (χ1) is 15.8. The van der Waals surface area contributed by atoms with Gasteiger partial charge < -0.3 is 19.5 Å².